The third-order valence-electron chi connectivity index (χ3n) is 4.66. The first kappa shape index (κ1) is 22.8. The number of aliphatic imine (C=N–C) groups is 1. The molecule has 0 aliphatic carbocycles. The maximum absolute atomic E-state index is 13.3. The number of amides is 1. The number of halogens is 4. The Morgan fingerprint density at radius 1 is 1.19 bits per heavy atom. The Morgan fingerprint density at radius 3 is 2.55 bits per heavy atom. The summed E-state index contributed by atoms with van der Waals surface area (Å²) in [5.74, 6) is -1.39. The number of nitrogens with zero attached hydrogens (tertiary/aromatic N) is 2. The number of benzodiazepines with no additional fused rings is 1. The topological polar surface area (TPSA) is 59.0 Å². The lowest BCUT2D eigenvalue weighted by molar-refractivity contribution is -0.146. The molecule has 0 saturated heterocycles. The first-order chi connectivity index (χ1) is 14.7. The molecule has 9 heteroatoms. The van der Waals surface area contributed by atoms with Crippen LogP contribution in [0.15, 0.2) is 53.5 Å². The maximum Gasteiger partial charge on any atom is 0.391 e. The largest absolute Gasteiger partial charge is 0.466 e. The molecule has 0 spiro atoms. The van der Waals surface area contributed by atoms with Gasteiger partial charge in [-0.3, -0.25) is 14.6 Å². The number of fused-ring (bicyclic) bond motifs is 1. The van der Waals surface area contributed by atoms with Crippen LogP contribution in [0.1, 0.15) is 30.9 Å². The quantitative estimate of drug-likeness (QED) is 0.592. The molecule has 0 N–H and O–H groups in total. The third-order valence-corrected chi connectivity index (χ3v) is 4.89. The van der Waals surface area contributed by atoms with E-state index in [-0.39, 0.29) is 25.3 Å². The fraction of sp³-hybridized carbons (Fsp3) is 0.318. The molecule has 31 heavy (non-hydrogen) atoms. The van der Waals surface area contributed by atoms with Gasteiger partial charge in [0.1, 0.15) is 6.04 Å². The summed E-state index contributed by atoms with van der Waals surface area (Å²) in [7, 11) is 0. The number of carbonyl (C=O) groups excluding carboxylic acids is 2. The highest BCUT2D eigenvalue weighted by molar-refractivity contribution is 6.32. The Balaban J connectivity index is 2.13. The molecule has 0 fully saturated rings. The van der Waals surface area contributed by atoms with Gasteiger partial charge >= 0.3 is 12.1 Å². The summed E-state index contributed by atoms with van der Waals surface area (Å²) in [5, 5.41) is 0.342. The van der Waals surface area contributed by atoms with Gasteiger partial charge in [0.25, 0.3) is 5.91 Å². The van der Waals surface area contributed by atoms with Crippen LogP contribution in [0, 0.1) is 0 Å². The zero-order valence-electron chi connectivity index (χ0n) is 16.7. The van der Waals surface area contributed by atoms with Gasteiger partial charge in [0.15, 0.2) is 0 Å². The average molecular weight is 453 g/mol. The van der Waals surface area contributed by atoms with Crippen LogP contribution in [0.4, 0.5) is 18.9 Å². The lowest BCUT2D eigenvalue weighted by Gasteiger charge is -2.25. The Kier molecular flexibility index (Phi) is 7.00. The van der Waals surface area contributed by atoms with Gasteiger partial charge in [0, 0.05) is 22.7 Å². The normalized spacial score (nSPS) is 16.4. The monoisotopic (exact) mass is 452 g/mol. The number of benzene rings is 2. The smallest absolute Gasteiger partial charge is 0.391 e. The Morgan fingerprint density at radius 2 is 1.90 bits per heavy atom. The third kappa shape index (κ3) is 5.64. The van der Waals surface area contributed by atoms with Crippen LogP contribution in [-0.4, -0.2) is 43.0 Å². The van der Waals surface area contributed by atoms with E-state index >= 15 is 0 Å². The minimum atomic E-state index is -4.60. The van der Waals surface area contributed by atoms with Crippen LogP contribution < -0.4 is 4.90 Å². The lowest BCUT2D eigenvalue weighted by atomic mass is 10.00. The van der Waals surface area contributed by atoms with Gasteiger partial charge in [-0.1, -0.05) is 41.9 Å². The molecule has 0 radical (unpaired) electrons. The van der Waals surface area contributed by atoms with Gasteiger partial charge in [-0.15, -0.1) is 0 Å². The van der Waals surface area contributed by atoms with Crippen molar-refractivity contribution < 1.29 is 27.5 Å². The number of alkyl halides is 3. The summed E-state index contributed by atoms with van der Waals surface area (Å²) < 4.78 is 44.7. The van der Waals surface area contributed by atoms with E-state index in [9.17, 15) is 22.8 Å². The van der Waals surface area contributed by atoms with Gasteiger partial charge in [-0.25, -0.2) is 0 Å². The highest BCUT2D eigenvalue weighted by Crippen LogP contribution is 2.34. The predicted molar refractivity (Wildman–Crippen MR) is 112 cm³/mol. The minimum absolute atomic E-state index is 0.141. The molecule has 1 aliphatic rings. The summed E-state index contributed by atoms with van der Waals surface area (Å²) in [5.41, 5.74) is 1.55. The second-order valence-corrected chi connectivity index (χ2v) is 7.32. The second-order valence-electron chi connectivity index (χ2n) is 6.89. The van der Waals surface area contributed by atoms with Crippen molar-refractivity contribution in [1.82, 2.24) is 0 Å². The number of anilines is 1. The molecule has 2 aromatic carbocycles. The van der Waals surface area contributed by atoms with Crippen LogP contribution >= 0.6 is 11.6 Å². The average Bonchev–Trinajstić information content (AvgIpc) is 2.81. The summed E-state index contributed by atoms with van der Waals surface area (Å²) >= 11 is 6.17. The Labute approximate surface area is 182 Å². The molecule has 1 amide bonds. The highest BCUT2D eigenvalue weighted by atomic mass is 35.5. The Bertz CT molecular complexity index is 993. The first-order valence-corrected chi connectivity index (χ1v) is 10.0. The zero-order chi connectivity index (χ0) is 22.6. The van der Waals surface area contributed by atoms with Gasteiger partial charge in [0.2, 0.25) is 0 Å². The minimum Gasteiger partial charge on any atom is -0.466 e. The SMILES string of the molecule is CCOC(=O)CCN1C(=O)C(CC(F)(F)F)N=C(c2ccccc2)c2cc(Cl)ccc21. The standard InChI is InChI=1S/C22H20ClF3N2O3/c1-2-31-19(29)10-11-28-18-9-8-15(23)12-16(18)20(14-6-4-3-5-7-14)27-17(21(28)30)13-22(24,25)26/h3-9,12,17H,2,10-11,13H2,1H3. The van der Waals surface area contributed by atoms with Crippen molar-refractivity contribution in [2.45, 2.75) is 32.0 Å². The molecule has 0 aromatic heterocycles. The number of rotatable bonds is 6. The molecule has 0 saturated carbocycles. The summed E-state index contributed by atoms with van der Waals surface area (Å²) in [6.45, 7) is 1.67. The molecule has 5 nitrogen and oxygen atoms in total. The van der Waals surface area contributed by atoms with E-state index in [1.165, 1.54) is 11.0 Å². The zero-order valence-corrected chi connectivity index (χ0v) is 17.4. The first-order valence-electron chi connectivity index (χ1n) is 9.66. The van der Waals surface area contributed by atoms with E-state index in [2.05, 4.69) is 4.99 Å². The van der Waals surface area contributed by atoms with Gasteiger partial charge in [-0.05, 0) is 25.1 Å². The predicted octanol–water partition coefficient (Wildman–Crippen LogP) is 4.80. The van der Waals surface area contributed by atoms with E-state index in [1.807, 2.05) is 0 Å². The maximum atomic E-state index is 13.3. The molecule has 1 atom stereocenters. The van der Waals surface area contributed by atoms with Crippen LogP contribution in [0.5, 0.6) is 0 Å². The molecule has 2 aromatic rings. The molecule has 164 valence electrons. The number of carbonyl (C=O) groups is 2. The molecule has 1 unspecified atom stereocenters. The Hall–Kier alpha value is -2.87. The van der Waals surface area contributed by atoms with Crippen molar-refractivity contribution in [2.75, 3.05) is 18.1 Å². The van der Waals surface area contributed by atoms with Gasteiger partial charge in [0.05, 0.1) is 30.8 Å². The number of ether oxygens (including phenoxy) is 1. The fourth-order valence-electron chi connectivity index (χ4n) is 3.36. The van der Waals surface area contributed by atoms with E-state index < -0.39 is 30.5 Å². The van der Waals surface area contributed by atoms with E-state index in [0.717, 1.165) is 0 Å². The molecule has 3 rings (SSSR count). The van der Waals surface area contributed by atoms with Crippen molar-refractivity contribution in [3.8, 4) is 0 Å². The summed E-state index contributed by atoms with van der Waals surface area (Å²) in [4.78, 5) is 30.4. The van der Waals surface area contributed by atoms with Crippen LogP contribution in [0.3, 0.4) is 0 Å². The van der Waals surface area contributed by atoms with Crippen molar-refractivity contribution in [3.63, 3.8) is 0 Å². The van der Waals surface area contributed by atoms with E-state index in [0.29, 0.717) is 21.8 Å². The number of esters is 1. The number of hydrogen-bond acceptors (Lipinski definition) is 4. The molecular formula is C22H20ClF3N2O3. The van der Waals surface area contributed by atoms with E-state index in [1.54, 1.807) is 49.4 Å². The van der Waals surface area contributed by atoms with Crippen molar-refractivity contribution in [1.29, 1.82) is 0 Å². The second kappa shape index (κ2) is 9.51. The molecule has 0 bridgehead atoms. The van der Waals surface area contributed by atoms with Gasteiger partial charge < -0.3 is 9.64 Å². The summed E-state index contributed by atoms with van der Waals surface area (Å²) in [6, 6.07) is 11.6. The molecule has 1 heterocycles. The highest BCUT2D eigenvalue weighted by Gasteiger charge is 2.40. The molecule has 1 aliphatic heterocycles. The summed E-state index contributed by atoms with van der Waals surface area (Å²) in [6.07, 6.45) is -6.19. The van der Waals surface area contributed by atoms with E-state index in [4.69, 9.17) is 16.3 Å². The van der Waals surface area contributed by atoms with Crippen molar-refractivity contribution in [3.05, 3.63) is 64.7 Å². The number of hydrogen-bond donors (Lipinski definition) is 0. The van der Waals surface area contributed by atoms with Gasteiger partial charge in [-0.2, -0.15) is 13.2 Å². The van der Waals surface area contributed by atoms with Crippen molar-refractivity contribution in [2.24, 2.45) is 4.99 Å². The fourth-order valence-corrected chi connectivity index (χ4v) is 3.53. The van der Waals surface area contributed by atoms with Crippen LogP contribution in [-0.2, 0) is 14.3 Å². The van der Waals surface area contributed by atoms with Crippen LogP contribution in [0.2, 0.25) is 5.02 Å². The lowest BCUT2D eigenvalue weighted by Crippen LogP contribution is -2.41. The molecular weight excluding hydrogens is 433 g/mol. The van der Waals surface area contributed by atoms with Crippen molar-refractivity contribution >= 4 is 34.9 Å². The van der Waals surface area contributed by atoms with Crippen LogP contribution in [0.25, 0.3) is 0 Å².